The largest absolute Gasteiger partial charge is 0.290 e. The average Bonchev–Trinajstić information content (AvgIpc) is 3.54. The van der Waals surface area contributed by atoms with Crippen LogP contribution in [0.5, 0.6) is 0 Å². The fourth-order valence-corrected chi connectivity index (χ4v) is 7.69. The first kappa shape index (κ1) is 26.0. The highest BCUT2D eigenvalue weighted by Gasteiger charge is 2.51. The lowest BCUT2D eigenvalue weighted by molar-refractivity contribution is 0.0775. The number of thiazole rings is 1. The van der Waals surface area contributed by atoms with Gasteiger partial charge in [-0.1, -0.05) is 17.2 Å². The Bertz CT molecular complexity index is 1770. The number of sulfonamides is 1. The second kappa shape index (κ2) is 9.44. The van der Waals surface area contributed by atoms with Gasteiger partial charge in [0.15, 0.2) is 5.01 Å². The van der Waals surface area contributed by atoms with Gasteiger partial charge >= 0.3 is 0 Å². The number of carbonyl (C=O) groups is 1. The molecule has 1 saturated heterocycles. The summed E-state index contributed by atoms with van der Waals surface area (Å²) in [5, 5.41) is 4.61. The Kier molecular flexibility index (Phi) is 6.29. The number of aromatic nitrogens is 3. The molecule has 0 saturated carbocycles. The molecule has 0 amide bonds. The van der Waals surface area contributed by atoms with Crippen molar-refractivity contribution in [1.82, 2.24) is 19.1 Å². The van der Waals surface area contributed by atoms with Crippen LogP contribution in [0.4, 0.5) is 8.78 Å². The van der Waals surface area contributed by atoms with Crippen molar-refractivity contribution in [2.75, 3.05) is 13.1 Å². The molecule has 12 heteroatoms. The van der Waals surface area contributed by atoms with Crippen molar-refractivity contribution in [3.63, 3.8) is 0 Å². The molecule has 1 atom stereocenters. The van der Waals surface area contributed by atoms with Crippen molar-refractivity contribution < 1.29 is 22.0 Å². The van der Waals surface area contributed by atoms with Crippen molar-refractivity contribution in [2.24, 2.45) is 5.41 Å². The number of halogens is 3. The molecule has 1 unspecified atom stereocenters. The Morgan fingerprint density at radius 3 is 2.59 bits per heavy atom. The predicted molar refractivity (Wildman–Crippen MR) is 144 cm³/mol. The summed E-state index contributed by atoms with van der Waals surface area (Å²) in [6.45, 7) is 1.82. The standard InChI is InChI=1S/C27H21ClF2N4O3S2/c1-16-13-31-26(38-16)25(35)27-12-17-14-32-34(20-4-2-19(29)3-5-20)24(17)10-18(27)8-9-33(15-27)39(36,37)21-6-7-22(28)23(30)11-21/h2-7,10-11,13-14H,8-9,12,15H2,1H3. The summed E-state index contributed by atoms with van der Waals surface area (Å²) in [6.07, 6.45) is 5.63. The van der Waals surface area contributed by atoms with E-state index in [0.29, 0.717) is 10.7 Å². The molecule has 7 nitrogen and oxygen atoms in total. The first-order valence-corrected chi connectivity index (χ1v) is 14.7. The topological polar surface area (TPSA) is 85.2 Å². The number of fused-ring (bicyclic) bond motifs is 2. The number of ketones is 1. The zero-order valence-electron chi connectivity index (χ0n) is 20.6. The second-order valence-electron chi connectivity index (χ2n) is 9.64. The van der Waals surface area contributed by atoms with Gasteiger partial charge in [0.05, 0.1) is 32.9 Å². The molecule has 6 rings (SSSR count). The molecule has 1 aliphatic carbocycles. The van der Waals surface area contributed by atoms with Crippen LogP contribution < -0.4 is 0 Å². The number of hydrogen-bond donors (Lipinski definition) is 0. The summed E-state index contributed by atoms with van der Waals surface area (Å²) in [5.41, 5.74) is 1.72. The Morgan fingerprint density at radius 1 is 1.13 bits per heavy atom. The van der Waals surface area contributed by atoms with Crippen molar-refractivity contribution >= 4 is 44.8 Å². The first-order chi connectivity index (χ1) is 18.6. The molecule has 2 aromatic carbocycles. The molecule has 0 bridgehead atoms. The van der Waals surface area contributed by atoms with Gasteiger partial charge < -0.3 is 0 Å². The van der Waals surface area contributed by atoms with Crippen LogP contribution in [-0.4, -0.2) is 46.4 Å². The summed E-state index contributed by atoms with van der Waals surface area (Å²) < 4.78 is 57.9. The molecule has 0 spiro atoms. The number of hydrogen-bond acceptors (Lipinski definition) is 6. The number of carbonyl (C=O) groups excluding carboxylic acids is 1. The van der Waals surface area contributed by atoms with Crippen molar-refractivity contribution in [3.8, 4) is 5.69 Å². The fourth-order valence-electron chi connectivity index (χ4n) is 5.26. The highest BCUT2D eigenvalue weighted by atomic mass is 35.5. The highest BCUT2D eigenvalue weighted by Crippen LogP contribution is 2.47. The predicted octanol–water partition coefficient (Wildman–Crippen LogP) is 5.47. The smallest absolute Gasteiger partial charge is 0.243 e. The maximum absolute atomic E-state index is 14.2. The minimum Gasteiger partial charge on any atom is -0.290 e. The molecule has 0 N–H and O–H groups in total. The summed E-state index contributed by atoms with van der Waals surface area (Å²) in [5.74, 6) is -1.47. The van der Waals surface area contributed by atoms with E-state index in [1.165, 1.54) is 39.9 Å². The lowest BCUT2D eigenvalue weighted by Gasteiger charge is -2.44. The Morgan fingerprint density at radius 2 is 1.90 bits per heavy atom. The maximum atomic E-state index is 14.2. The third-order valence-electron chi connectivity index (χ3n) is 7.23. The monoisotopic (exact) mass is 586 g/mol. The molecule has 39 heavy (non-hydrogen) atoms. The normalized spacial score (nSPS) is 19.3. The van der Waals surface area contributed by atoms with Gasteiger partial charge in [-0.3, -0.25) is 4.79 Å². The van der Waals surface area contributed by atoms with E-state index in [1.54, 1.807) is 29.2 Å². The van der Waals surface area contributed by atoms with Crippen LogP contribution in [0.25, 0.3) is 11.8 Å². The van der Waals surface area contributed by atoms with E-state index in [2.05, 4.69) is 10.1 Å². The van der Waals surface area contributed by atoms with Crippen LogP contribution >= 0.6 is 22.9 Å². The van der Waals surface area contributed by atoms with E-state index >= 15 is 0 Å². The minimum atomic E-state index is -4.14. The molecule has 1 fully saturated rings. The van der Waals surface area contributed by atoms with Crippen LogP contribution in [0.1, 0.15) is 32.4 Å². The molecule has 1 aliphatic heterocycles. The van der Waals surface area contributed by atoms with Gasteiger partial charge in [-0.25, -0.2) is 26.9 Å². The molecule has 4 aromatic rings. The van der Waals surface area contributed by atoms with Crippen molar-refractivity contribution in [1.29, 1.82) is 0 Å². The quantitative estimate of drug-likeness (QED) is 0.289. The van der Waals surface area contributed by atoms with E-state index in [1.807, 2.05) is 13.0 Å². The third-order valence-corrected chi connectivity index (χ3v) is 10.3. The SMILES string of the molecule is Cc1cnc(C(=O)C23Cc4cnn(-c5ccc(F)cc5)c4C=C2CCN(S(=O)(=O)c2ccc(Cl)c(F)c2)C3)s1. The fraction of sp³-hybridized carbons (Fsp3) is 0.222. The van der Waals surface area contributed by atoms with Crippen LogP contribution in [-0.2, 0) is 16.4 Å². The molecule has 200 valence electrons. The zero-order valence-corrected chi connectivity index (χ0v) is 23.0. The summed E-state index contributed by atoms with van der Waals surface area (Å²) >= 11 is 7.03. The Balaban J connectivity index is 1.45. The van der Waals surface area contributed by atoms with E-state index in [0.717, 1.165) is 27.8 Å². The average molecular weight is 587 g/mol. The van der Waals surface area contributed by atoms with Gasteiger partial charge in [0.25, 0.3) is 0 Å². The van der Waals surface area contributed by atoms with Gasteiger partial charge in [0.1, 0.15) is 11.6 Å². The zero-order chi connectivity index (χ0) is 27.5. The van der Waals surface area contributed by atoms with Crippen LogP contribution in [0.15, 0.2) is 65.3 Å². The summed E-state index contributed by atoms with van der Waals surface area (Å²) in [6, 6.07) is 9.29. The highest BCUT2D eigenvalue weighted by molar-refractivity contribution is 7.89. The van der Waals surface area contributed by atoms with E-state index < -0.39 is 21.3 Å². The van der Waals surface area contributed by atoms with Crippen LogP contribution in [0.3, 0.4) is 0 Å². The van der Waals surface area contributed by atoms with Gasteiger partial charge in [0.2, 0.25) is 15.8 Å². The molecule has 3 heterocycles. The van der Waals surface area contributed by atoms with Gasteiger partial charge in [-0.05, 0) is 73.9 Å². The van der Waals surface area contributed by atoms with Crippen molar-refractivity contribution in [3.05, 3.63) is 98.2 Å². The molecular formula is C27H21ClF2N4O3S2. The lowest BCUT2D eigenvalue weighted by Crippen LogP contribution is -2.53. The number of rotatable bonds is 5. The number of benzene rings is 2. The van der Waals surface area contributed by atoms with Crippen molar-refractivity contribution in [2.45, 2.75) is 24.7 Å². The number of aryl methyl sites for hydroxylation is 1. The Hall–Kier alpha value is -3.25. The number of Topliss-reactive ketones (excluding diaryl/α,β-unsaturated/α-hetero) is 1. The molecule has 2 aromatic heterocycles. The van der Waals surface area contributed by atoms with Crippen LogP contribution in [0.2, 0.25) is 5.02 Å². The van der Waals surface area contributed by atoms with Gasteiger partial charge in [-0.15, -0.1) is 11.3 Å². The Labute approximate surface area is 232 Å². The minimum absolute atomic E-state index is 0.102. The summed E-state index contributed by atoms with van der Waals surface area (Å²) in [7, 11) is -4.14. The van der Waals surface area contributed by atoms with Gasteiger partial charge in [0, 0.05) is 24.2 Å². The summed E-state index contributed by atoms with van der Waals surface area (Å²) in [4.78, 5) is 19.1. The lowest BCUT2D eigenvalue weighted by atomic mass is 9.66. The van der Waals surface area contributed by atoms with E-state index in [4.69, 9.17) is 11.6 Å². The number of piperidine rings is 1. The van der Waals surface area contributed by atoms with E-state index in [9.17, 15) is 22.0 Å². The first-order valence-electron chi connectivity index (χ1n) is 12.0. The molecule has 0 radical (unpaired) electrons. The second-order valence-corrected chi connectivity index (χ2v) is 13.2. The van der Waals surface area contributed by atoms with E-state index in [-0.39, 0.29) is 47.4 Å². The number of nitrogens with zero attached hydrogens (tertiary/aromatic N) is 4. The van der Waals surface area contributed by atoms with Crippen LogP contribution in [0, 0.1) is 24.0 Å². The molecular weight excluding hydrogens is 566 g/mol. The van der Waals surface area contributed by atoms with Gasteiger partial charge in [-0.2, -0.15) is 9.40 Å². The molecule has 2 aliphatic rings. The maximum Gasteiger partial charge on any atom is 0.243 e. The third kappa shape index (κ3) is 4.33.